The number of fused-ring (bicyclic) bond motifs is 1. The molecule has 0 aliphatic carbocycles. The van der Waals surface area contributed by atoms with Crippen molar-refractivity contribution in [2.45, 2.75) is 39.3 Å². The van der Waals surface area contributed by atoms with Crippen molar-refractivity contribution in [3.8, 4) is 22.9 Å². The second kappa shape index (κ2) is 7.90. The Morgan fingerprint density at radius 3 is 2.55 bits per heavy atom. The van der Waals surface area contributed by atoms with Gasteiger partial charge >= 0.3 is 0 Å². The average Bonchev–Trinajstić information content (AvgIpc) is 3.36. The van der Waals surface area contributed by atoms with E-state index in [1.54, 1.807) is 0 Å². The maximum atomic E-state index is 12.4. The molecule has 1 aliphatic heterocycles. The Bertz CT molecular complexity index is 1010. The third-order valence-electron chi connectivity index (χ3n) is 4.85. The Balaban J connectivity index is 1.37. The second-order valence-corrected chi connectivity index (χ2v) is 7.32. The van der Waals surface area contributed by atoms with E-state index in [-0.39, 0.29) is 25.3 Å². The van der Waals surface area contributed by atoms with Gasteiger partial charge < -0.3 is 14.8 Å². The zero-order chi connectivity index (χ0) is 20.4. The number of hydrogen-bond donors (Lipinski definition) is 1. The van der Waals surface area contributed by atoms with E-state index in [9.17, 15) is 4.79 Å². The fourth-order valence-electron chi connectivity index (χ4n) is 3.12. The molecular formula is C21H23N5O3. The van der Waals surface area contributed by atoms with Gasteiger partial charge in [-0.3, -0.25) is 4.79 Å². The lowest BCUT2D eigenvalue weighted by Crippen LogP contribution is -2.30. The Morgan fingerprint density at radius 1 is 1.07 bits per heavy atom. The minimum absolute atomic E-state index is 0.00797. The van der Waals surface area contributed by atoms with Crippen LogP contribution in [0.2, 0.25) is 0 Å². The molecule has 4 rings (SSSR count). The molecular weight excluding hydrogens is 370 g/mol. The van der Waals surface area contributed by atoms with E-state index >= 15 is 0 Å². The number of benzene rings is 2. The molecule has 0 fully saturated rings. The van der Waals surface area contributed by atoms with Gasteiger partial charge in [-0.15, -0.1) is 10.2 Å². The van der Waals surface area contributed by atoms with Crippen LogP contribution in [0.5, 0.6) is 11.5 Å². The molecule has 1 aliphatic rings. The molecule has 0 unspecified atom stereocenters. The predicted octanol–water partition coefficient (Wildman–Crippen LogP) is 3.07. The molecule has 1 atom stereocenters. The molecule has 8 nitrogen and oxygen atoms in total. The van der Waals surface area contributed by atoms with Crippen molar-refractivity contribution in [2.24, 2.45) is 0 Å². The smallest absolute Gasteiger partial charge is 0.244 e. The number of tetrazole rings is 1. The molecule has 1 aromatic heterocycles. The number of rotatable bonds is 6. The fraction of sp³-hybridized carbons (Fsp3) is 0.333. The van der Waals surface area contributed by atoms with Crippen LogP contribution in [0.4, 0.5) is 0 Å². The van der Waals surface area contributed by atoms with Gasteiger partial charge in [0.2, 0.25) is 18.5 Å². The van der Waals surface area contributed by atoms with Gasteiger partial charge in [0.05, 0.1) is 6.04 Å². The van der Waals surface area contributed by atoms with Crippen LogP contribution in [0.1, 0.15) is 43.9 Å². The summed E-state index contributed by atoms with van der Waals surface area (Å²) in [5, 5.41) is 15.3. The Hall–Kier alpha value is -3.42. The van der Waals surface area contributed by atoms with Gasteiger partial charge in [-0.25, -0.2) is 0 Å². The van der Waals surface area contributed by atoms with Crippen LogP contribution in [-0.4, -0.2) is 32.9 Å². The third-order valence-corrected chi connectivity index (χ3v) is 4.85. The van der Waals surface area contributed by atoms with Crippen LogP contribution in [0.25, 0.3) is 11.4 Å². The van der Waals surface area contributed by atoms with Crippen molar-refractivity contribution < 1.29 is 14.3 Å². The summed E-state index contributed by atoms with van der Waals surface area (Å²) in [7, 11) is 0. The van der Waals surface area contributed by atoms with Crippen LogP contribution in [0, 0.1) is 0 Å². The van der Waals surface area contributed by atoms with Crippen molar-refractivity contribution in [3.05, 3.63) is 53.6 Å². The maximum Gasteiger partial charge on any atom is 0.244 e. The summed E-state index contributed by atoms with van der Waals surface area (Å²) in [6.07, 6.45) is 0. The predicted molar refractivity (Wildman–Crippen MR) is 106 cm³/mol. The number of carbonyl (C=O) groups excluding carboxylic acids is 1. The van der Waals surface area contributed by atoms with E-state index in [1.807, 2.05) is 37.3 Å². The number of nitrogens with one attached hydrogen (secondary N) is 1. The molecule has 150 valence electrons. The van der Waals surface area contributed by atoms with Gasteiger partial charge in [0.15, 0.2) is 11.5 Å². The summed E-state index contributed by atoms with van der Waals surface area (Å²) in [6.45, 7) is 6.41. The highest BCUT2D eigenvalue weighted by molar-refractivity contribution is 5.76. The van der Waals surface area contributed by atoms with Crippen LogP contribution in [-0.2, 0) is 11.3 Å². The molecule has 3 aromatic rings. The quantitative estimate of drug-likeness (QED) is 0.692. The summed E-state index contributed by atoms with van der Waals surface area (Å²) in [5.74, 6) is 2.16. The molecule has 0 radical (unpaired) electrons. The van der Waals surface area contributed by atoms with Crippen LogP contribution < -0.4 is 14.8 Å². The Morgan fingerprint density at radius 2 is 1.79 bits per heavy atom. The number of nitrogens with zero attached hydrogens (tertiary/aromatic N) is 4. The Labute approximate surface area is 168 Å². The first kappa shape index (κ1) is 18.9. The fourth-order valence-corrected chi connectivity index (χ4v) is 3.12. The normalized spacial score (nSPS) is 13.5. The molecule has 0 bridgehead atoms. The van der Waals surface area contributed by atoms with Gasteiger partial charge in [-0.1, -0.05) is 44.2 Å². The third kappa shape index (κ3) is 4.21. The molecule has 8 heteroatoms. The lowest BCUT2D eigenvalue weighted by Gasteiger charge is -2.14. The molecule has 0 saturated heterocycles. The first-order valence-corrected chi connectivity index (χ1v) is 9.56. The minimum atomic E-state index is -0.200. The van der Waals surface area contributed by atoms with Crippen molar-refractivity contribution in [1.82, 2.24) is 25.5 Å². The van der Waals surface area contributed by atoms with Crippen LogP contribution in [0.3, 0.4) is 0 Å². The standard InChI is InChI=1S/C21H23N5O3/c1-13(2)15-4-6-16(7-5-15)21-23-25-26(24-21)11-20(27)22-14(3)17-8-9-18-19(10-17)29-12-28-18/h4-10,13-14H,11-12H2,1-3H3,(H,22,27)/t14-/m0/s1. The van der Waals surface area contributed by atoms with E-state index in [4.69, 9.17) is 9.47 Å². The summed E-state index contributed by atoms with van der Waals surface area (Å²) in [5.41, 5.74) is 3.05. The number of carbonyl (C=O) groups is 1. The van der Waals surface area contributed by atoms with E-state index < -0.39 is 0 Å². The van der Waals surface area contributed by atoms with E-state index in [2.05, 4.69) is 46.7 Å². The zero-order valence-electron chi connectivity index (χ0n) is 16.6. The first-order chi connectivity index (χ1) is 14.0. The number of aromatic nitrogens is 4. The lowest BCUT2D eigenvalue weighted by molar-refractivity contribution is -0.122. The van der Waals surface area contributed by atoms with Crippen molar-refractivity contribution >= 4 is 5.91 Å². The highest BCUT2D eigenvalue weighted by atomic mass is 16.7. The van der Waals surface area contributed by atoms with E-state index in [0.29, 0.717) is 23.2 Å². The zero-order valence-corrected chi connectivity index (χ0v) is 16.6. The summed E-state index contributed by atoms with van der Waals surface area (Å²) in [4.78, 5) is 13.7. The molecule has 2 heterocycles. The average molecular weight is 393 g/mol. The molecule has 29 heavy (non-hydrogen) atoms. The second-order valence-electron chi connectivity index (χ2n) is 7.32. The molecule has 1 amide bonds. The minimum Gasteiger partial charge on any atom is -0.454 e. The summed E-state index contributed by atoms with van der Waals surface area (Å²) in [6, 6.07) is 13.5. The van der Waals surface area contributed by atoms with Crippen LogP contribution >= 0.6 is 0 Å². The van der Waals surface area contributed by atoms with Gasteiger partial charge in [0, 0.05) is 5.56 Å². The van der Waals surface area contributed by atoms with E-state index in [0.717, 1.165) is 11.1 Å². The van der Waals surface area contributed by atoms with Crippen molar-refractivity contribution in [3.63, 3.8) is 0 Å². The number of amides is 1. The van der Waals surface area contributed by atoms with Gasteiger partial charge in [0.25, 0.3) is 0 Å². The van der Waals surface area contributed by atoms with Crippen LogP contribution in [0.15, 0.2) is 42.5 Å². The lowest BCUT2D eigenvalue weighted by atomic mass is 10.0. The molecule has 1 N–H and O–H groups in total. The van der Waals surface area contributed by atoms with Crippen molar-refractivity contribution in [2.75, 3.05) is 6.79 Å². The van der Waals surface area contributed by atoms with Gasteiger partial charge in [-0.05, 0) is 41.3 Å². The summed E-state index contributed by atoms with van der Waals surface area (Å²) >= 11 is 0. The highest BCUT2D eigenvalue weighted by Crippen LogP contribution is 2.34. The largest absolute Gasteiger partial charge is 0.454 e. The first-order valence-electron chi connectivity index (χ1n) is 9.56. The number of hydrogen-bond acceptors (Lipinski definition) is 6. The SMILES string of the molecule is CC(C)c1ccc(-c2nnn(CC(=O)N[C@@H](C)c3ccc4c(c3)OCO4)n2)cc1. The number of ether oxygens (including phenoxy) is 2. The molecule has 0 saturated carbocycles. The van der Waals surface area contributed by atoms with Gasteiger partial charge in [0.1, 0.15) is 6.54 Å². The molecule has 2 aromatic carbocycles. The van der Waals surface area contributed by atoms with Gasteiger partial charge in [-0.2, -0.15) is 4.80 Å². The molecule has 0 spiro atoms. The highest BCUT2D eigenvalue weighted by Gasteiger charge is 2.17. The van der Waals surface area contributed by atoms with E-state index in [1.165, 1.54) is 10.4 Å². The maximum absolute atomic E-state index is 12.4. The van der Waals surface area contributed by atoms with Crippen molar-refractivity contribution in [1.29, 1.82) is 0 Å². The monoisotopic (exact) mass is 393 g/mol. The summed E-state index contributed by atoms with van der Waals surface area (Å²) < 4.78 is 10.7. The Kier molecular flexibility index (Phi) is 5.16. The topological polar surface area (TPSA) is 91.2 Å².